The first-order valence-electron chi connectivity index (χ1n) is 5.57. The first kappa shape index (κ1) is 13.1. The first-order valence-corrected chi connectivity index (χ1v) is 6.37. The van der Waals surface area contributed by atoms with E-state index in [1.165, 1.54) is 12.4 Å². The van der Waals surface area contributed by atoms with Crippen LogP contribution in [0.15, 0.2) is 17.0 Å². The van der Waals surface area contributed by atoms with Crippen LogP contribution in [-0.4, -0.2) is 40.9 Å². The van der Waals surface area contributed by atoms with E-state index < -0.39 is 0 Å². The number of Topliss-reactive ketones (excluding diaryl/α,β-unsaturated/α-hetero) is 1. The van der Waals surface area contributed by atoms with Gasteiger partial charge in [0.2, 0.25) is 5.78 Å². The minimum absolute atomic E-state index is 0.186. The lowest BCUT2D eigenvalue weighted by Gasteiger charge is -2.09. The van der Waals surface area contributed by atoms with Crippen LogP contribution in [0.2, 0.25) is 0 Å². The number of carbonyl (C=O) groups is 2. The molecule has 0 aliphatic carbocycles. The smallest absolute Gasteiger partial charge is 0.323 e. The van der Waals surface area contributed by atoms with Crippen LogP contribution in [0.1, 0.15) is 23.3 Å². The van der Waals surface area contributed by atoms with E-state index in [0.717, 1.165) is 19.4 Å². The lowest BCUT2D eigenvalue weighted by atomic mass is 10.2. The van der Waals surface area contributed by atoms with Crippen molar-refractivity contribution in [3.05, 3.63) is 22.7 Å². The van der Waals surface area contributed by atoms with E-state index in [9.17, 15) is 9.59 Å². The molecule has 0 amide bonds. The lowest BCUT2D eigenvalue weighted by molar-refractivity contribution is -0.144. The van der Waals surface area contributed by atoms with E-state index in [4.69, 9.17) is 4.74 Å². The van der Waals surface area contributed by atoms with Crippen LogP contribution >= 0.6 is 15.9 Å². The molecule has 1 atom stereocenters. The highest BCUT2D eigenvalue weighted by molar-refractivity contribution is 9.10. The number of nitrogens with zero attached hydrogens (tertiary/aromatic N) is 2. The van der Waals surface area contributed by atoms with Crippen molar-refractivity contribution in [1.29, 1.82) is 0 Å². The van der Waals surface area contributed by atoms with Crippen LogP contribution < -0.4 is 5.32 Å². The molecule has 1 aliphatic rings. The Morgan fingerprint density at radius 3 is 2.89 bits per heavy atom. The highest BCUT2D eigenvalue weighted by Crippen LogP contribution is 2.07. The number of aromatic nitrogens is 2. The molecule has 0 bridgehead atoms. The Labute approximate surface area is 112 Å². The maximum absolute atomic E-state index is 11.7. The second-order valence-corrected chi connectivity index (χ2v) is 4.72. The largest absolute Gasteiger partial charge is 0.456 e. The molecular formula is C11H12BrN3O3. The van der Waals surface area contributed by atoms with Crippen molar-refractivity contribution in [2.45, 2.75) is 18.9 Å². The van der Waals surface area contributed by atoms with E-state index in [-0.39, 0.29) is 30.1 Å². The summed E-state index contributed by atoms with van der Waals surface area (Å²) in [6, 6.07) is -0.284. The predicted molar refractivity (Wildman–Crippen MR) is 66.0 cm³/mol. The summed E-state index contributed by atoms with van der Waals surface area (Å²) in [5.74, 6) is -0.743. The molecule has 1 aromatic rings. The topological polar surface area (TPSA) is 81.2 Å². The number of hydrogen-bond acceptors (Lipinski definition) is 6. The van der Waals surface area contributed by atoms with E-state index in [2.05, 4.69) is 31.2 Å². The molecule has 2 heterocycles. The Hall–Kier alpha value is -1.34. The number of rotatable bonds is 4. The van der Waals surface area contributed by atoms with E-state index in [1.807, 2.05) is 0 Å². The van der Waals surface area contributed by atoms with Crippen molar-refractivity contribution in [2.24, 2.45) is 0 Å². The van der Waals surface area contributed by atoms with Crippen LogP contribution in [0.25, 0.3) is 0 Å². The molecule has 18 heavy (non-hydrogen) atoms. The van der Waals surface area contributed by atoms with Crippen LogP contribution in [0.3, 0.4) is 0 Å². The van der Waals surface area contributed by atoms with Crippen molar-refractivity contribution in [3.8, 4) is 0 Å². The monoisotopic (exact) mass is 313 g/mol. The average Bonchev–Trinajstić information content (AvgIpc) is 2.90. The number of ketones is 1. The molecule has 1 unspecified atom stereocenters. The second-order valence-electron chi connectivity index (χ2n) is 3.90. The van der Waals surface area contributed by atoms with Gasteiger partial charge in [0.05, 0.1) is 12.4 Å². The maximum atomic E-state index is 11.7. The minimum atomic E-state index is -0.383. The van der Waals surface area contributed by atoms with Crippen molar-refractivity contribution < 1.29 is 14.3 Å². The lowest BCUT2D eigenvalue weighted by Crippen LogP contribution is -2.33. The van der Waals surface area contributed by atoms with Crippen LogP contribution in [0, 0.1) is 0 Å². The molecule has 7 heteroatoms. The molecule has 0 aromatic carbocycles. The van der Waals surface area contributed by atoms with Gasteiger partial charge in [0, 0.05) is 0 Å². The Morgan fingerprint density at radius 2 is 2.28 bits per heavy atom. The van der Waals surface area contributed by atoms with Gasteiger partial charge < -0.3 is 10.1 Å². The number of ether oxygens (including phenoxy) is 1. The summed E-state index contributed by atoms with van der Waals surface area (Å²) in [6.45, 7) is 0.513. The van der Waals surface area contributed by atoms with E-state index in [1.54, 1.807) is 0 Å². The molecule has 0 saturated carbocycles. The molecular weight excluding hydrogens is 302 g/mol. The summed E-state index contributed by atoms with van der Waals surface area (Å²) in [5, 5.41) is 3.01. The van der Waals surface area contributed by atoms with Crippen molar-refractivity contribution >= 4 is 27.7 Å². The molecule has 0 spiro atoms. The summed E-state index contributed by atoms with van der Waals surface area (Å²) >= 11 is 3.12. The summed E-state index contributed by atoms with van der Waals surface area (Å²) in [4.78, 5) is 31.0. The van der Waals surface area contributed by atoms with Crippen LogP contribution in [0.5, 0.6) is 0 Å². The van der Waals surface area contributed by atoms with Crippen molar-refractivity contribution in [1.82, 2.24) is 15.3 Å². The SMILES string of the molecule is O=C(COC(=O)C1CCCN1)c1cnc(Br)cn1. The van der Waals surface area contributed by atoms with Crippen molar-refractivity contribution in [2.75, 3.05) is 13.2 Å². The van der Waals surface area contributed by atoms with Gasteiger partial charge in [0.15, 0.2) is 6.61 Å². The average molecular weight is 314 g/mol. The number of halogens is 1. The summed E-state index contributed by atoms with van der Waals surface area (Å²) in [7, 11) is 0. The van der Waals surface area contributed by atoms with Gasteiger partial charge in [-0.1, -0.05) is 0 Å². The number of carbonyl (C=O) groups excluding carboxylic acids is 2. The minimum Gasteiger partial charge on any atom is -0.456 e. The van der Waals surface area contributed by atoms with Crippen molar-refractivity contribution in [3.63, 3.8) is 0 Å². The maximum Gasteiger partial charge on any atom is 0.323 e. The zero-order valence-electron chi connectivity index (χ0n) is 9.56. The molecule has 6 nitrogen and oxygen atoms in total. The van der Waals surface area contributed by atoms with Crippen LogP contribution in [0.4, 0.5) is 0 Å². The Bertz CT molecular complexity index is 443. The van der Waals surface area contributed by atoms with Gasteiger partial charge in [0.25, 0.3) is 0 Å². The van der Waals surface area contributed by atoms with Gasteiger partial charge in [-0.15, -0.1) is 0 Å². The number of esters is 1. The molecule has 1 aromatic heterocycles. The zero-order chi connectivity index (χ0) is 13.0. The molecule has 1 saturated heterocycles. The Morgan fingerprint density at radius 1 is 1.44 bits per heavy atom. The fourth-order valence-electron chi connectivity index (χ4n) is 1.65. The van der Waals surface area contributed by atoms with Crippen LogP contribution in [-0.2, 0) is 9.53 Å². The fourth-order valence-corrected chi connectivity index (χ4v) is 1.86. The third-order valence-electron chi connectivity index (χ3n) is 2.60. The summed E-state index contributed by atoms with van der Waals surface area (Å²) in [6.07, 6.45) is 4.47. The summed E-state index contributed by atoms with van der Waals surface area (Å²) < 4.78 is 5.49. The summed E-state index contributed by atoms with van der Waals surface area (Å²) in [5.41, 5.74) is 0.186. The normalized spacial score (nSPS) is 18.6. The number of nitrogens with one attached hydrogen (secondary N) is 1. The predicted octanol–water partition coefficient (Wildman–Crippen LogP) is 0.717. The Kier molecular flexibility index (Phi) is 4.38. The second kappa shape index (κ2) is 6.01. The third kappa shape index (κ3) is 3.33. The third-order valence-corrected chi connectivity index (χ3v) is 3.01. The molecule has 1 N–H and O–H groups in total. The highest BCUT2D eigenvalue weighted by Gasteiger charge is 2.24. The van der Waals surface area contributed by atoms with Gasteiger partial charge in [-0.05, 0) is 35.3 Å². The van der Waals surface area contributed by atoms with E-state index in [0.29, 0.717) is 4.60 Å². The molecule has 1 aliphatic heterocycles. The quantitative estimate of drug-likeness (QED) is 0.651. The Balaban J connectivity index is 1.84. The molecule has 1 fully saturated rings. The van der Waals surface area contributed by atoms with Gasteiger partial charge in [-0.25, -0.2) is 9.97 Å². The van der Waals surface area contributed by atoms with Gasteiger partial charge in [-0.2, -0.15) is 0 Å². The highest BCUT2D eigenvalue weighted by atomic mass is 79.9. The van der Waals surface area contributed by atoms with Gasteiger partial charge in [-0.3, -0.25) is 9.59 Å². The van der Waals surface area contributed by atoms with Gasteiger partial charge in [0.1, 0.15) is 16.3 Å². The molecule has 0 radical (unpaired) electrons. The first-order chi connectivity index (χ1) is 8.66. The molecule has 96 valence electrons. The van der Waals surface area contributed by atoms with E-state index >= 15 is 0 Å². The molecule has 2 rings (SSSR count). The number of hydrogen-bond donors (Lipinski definition) is 1. The zero-order valence-corrected chi connectivity index (χ0v) is 11.1. The van der Waals surface area contributed by atoms with Gasteiger partial charge >= 0.3 is 5.97 Å². The standard InChI is InChI=1S/C11H12BrN3O3/c12-10-5-14-8(4-15-10)9(16)6-18-11(17)7-2-1-3-13-7/h4-5,7,13H,1-3,6H2. The fraction of sp³-hybridized carbons (Fsp3) is 0.455.